The third kappa shape index (κ3) is 1.73. The summed E-state index contributed by atoms with van der Waals surface area (Å²) < 4.78 is 26.6. The molecule has 0 amide bonds. The topological polar surface area (TPSA) is 54.7 Å². The van der Waals surface area contributed by atoms with E-state index in [0.29, 0.717) is 19.5 Å². The molecule has 3 heterocycles. The van der Waals surface area contributed by atoms with E-state index in [1.165, 1.54) is 10.6 Å². The molecule has 0 aliphatic carbocycles. The SMILES string of the molecule is CS(=O)(=O)N1CCc2nc3ccccn3c2C1. The smallest absolute Gasteiger partial charge is 0.211 e. The van der Waals surface area contributed by atoms with Crippen LogP contribution in [-0.4, -0.2) is 34.9 Å². The van der Waals surface area contributed by atoms with Gasteiger partial charge in [-0.25, -0.2) is 13.4 Å². The summed E-state index contributed by atoms with van der Waals surface area (Å²) in [6.07, 6.45) is 3.86. The van der Waals surface area contributed by atoms with E-state index >= 15 is 0 Å². The van der Waals surface area contributed by atoms with Crippen LogP contribution in [0.5, 0.6) is 0 Å². The van der Waals surface area contributed by atoms with Gasteiger partial charge in [0.05, 0.1) is 24.2 Å². The Morgan fingerprint density at radius 3 is 2.94 bits per heavy atom. The minimum Gasteiger partial charge on any atom is -0.302 e. The van der Waals surface area contributed by atoms with Crippen LogP contribution in [0.15, 0.2) is 24.4 Å². The van der Waals surface area contributed by atoms with Gasteiger partial charge in [0.15, 0.2) is 0 Å². The molecule has 0 saturated heterocycles. The van der Waals surface area contributed by atoms with E-state index in [2.05, 4.69) is 4.98 Å². The molecular weight excluding hydrogens is 238 g/mol. The van der Waals surface area contributed by atoms with Crippen molar-refractivity contribution in [2.45, 2.75) is 13.0 Å². The largest absolute Gasteiger partial charge is 0.302 e. The molecule has 5 nitrogen and oxygen atoms in total. The first-order valence-corrected chi connectivity index (χ1v) is 7.30. The van der Waals surface area contributed by atoms with Gasteiger partial charge in [0.25, 0.3) is 0 Å². The highest BCUT2D eigenvalue weighted by Crippen LogP contribution is 2.21. The Morgan fingerprint density at radius 2 is 2.18 bits per heavy atom. The van der Waals surface area contributed by atoms with E-state index in [1.54, 1.807) is 0 Å². The quantitative estimate of drug-likeness (QED) is 0.748. The van der Waals surface area contributed by atoms with Gasteiger partial charge in [-0.2, -0.15) is 4.31 Å². The fourth-order valence-electron chi connectivity index (χ4n) is 2.22. The normalized spacial score (nSPS) is 17.2. The van der Waals surface area contributed by atoms with Crippen molar-refractivity contribution < 1.29 is 8.42 Å². The number of hydrogen-bond acceptors (Lipinski definition) is 3. The first-order valence-electron chi connectivity index (χ1n) is 5.46. The zero-order valence-corrected chi connectivity index (χ0v) is 10.3. The molecule has 2 aromatic rings. The number of imidazole rings is 1. The van der Waals surface area contributed by atoms with Crippen LogP contribution in [0.3, 0.4) is 0 Å². The molecule has 17 heavy (non-hydrogen) atoms. The van der Waals surface area contributed by atoms with Crippen molar-refractivity contribution in [1.29, 1.82) is 0 Å². The molecule has 90 valence electrons. The van der Waals surface area contributed by atoms with E-state index in [9.17, 15) is 8.42 Å². The lowest BCUT2D eigenvalue weighted by Gasteiger charge is -2.24. The summed E-state index contributed by atoms with van der Waals surface area (Å²) in [5.41, 5.74) is 2.88. The lowest BCUT2D eigenvalue weighted by molar-refractivity contribution is 0.387. The molecule has 2 aromatic heterocycles. The molecule has 1 aliphatic rings. The number of nitrogens with zero attached hydrogens (tertiary/aromatic N) is 3. The lowest BCUT2D eigenvalue weighted by atomic mass is 10.2. The molecule has 1 aliphatic heterocycles. The molecule has 0 unspecified atom stereocenters. The van der Waals surface area contributed by atoms with Crippen molar-refractivity contribution in [3.63, 3.8) is 0 Å². The van der Waals surface area contributed by atoms with Gasteiger partial charge in [0, 0.05) is 19.2 Å². The second-order valence-electron chi connectivity index (χ2n) is 4.28. The molecule has 0 saturated carbocycles. The Balaban J connectivity index is 2.12. The van der Waals surface area contributed by atoms with Crippen LogP contribution in [-0.2, 0) is 23.0 Å². The fourth-order valence-corrected chi connectivity index (χ4v) is 3.00. The molecule has 0 fully saturated rings. The maximum absolute atomic E-state index is 11.6. The number of pyridine rings is 1. The monoisotopic (exact) mass is 251 g/mol. The van der Waals surface area contributed by atoms with E-state index in [0.717, 1.165) is 17.0 Å². The molecule has 0 atom stereocenters. The average Bonchev–Trinajstić information content (AvgIpc) is 2.65. The van der Waals surface area contributed by atoms with E-state index < -0.39 is 10.0 Å². The molecule has 0 N–H and O–H groups in total. The predicted molar refractivity (Wildman–Crippen MR) is 64.1 cm³/mol. The minimum absolute atomic E-state index is 0.416. The lowest BCUT2D eigenvalue weighted by Crippen LogP contribution is -2.35. The second-order valence-corrected chi connectivity index (χ2v) is 6.26. The number of aromatic nitrogens is 2. The standard InChI is InChI=1S/C11H13N3O2S/c1-17(15,16)13-7-5-9-10(8-13)14-6-3-2-4-11(14)12-9/h2-4,6H,5,7-8H2,1H3. The molecular formula is C11H13N3O2S. The fraction of sp³-hybridized carbons (Fsp3) is 0.364. The van der Waals surface area contributed by atoms with Gasteiger partial charge in [-0.15, -0.1) is 0 Å². The summed E-state index contributed by atoms with van der Waals surface area (Å²) in [7, 11) is -3.12. The Kier molecular flexibility index (Phi) is 2.24. The number of rotatable bonds is 1. The number of sulfonamides is 1. The van der Waals surface area contributed by atoms with Crippen molar-refractivity contribution in [3.8, 4) is 0 Å². The van der Waals surface area contributed by atoms with Crippen LogP contribution in [0.1, 0.15) is 11.4 Å². The Morgan fingerprint density at radius 1 is 1.35 bits per heavy atom. The van der Waals surface area contributed by atoms with Crippen LogP contribution >= 0.6 is 0 Å². The number of hydrogen-bond donors (Lipinski definition) is 0. The maximum atomic E-state index is 11.6. The summed E-state index contributed by atoms with van der Waals surface area (Å²) in [6.45, 7) is 0.940. The first kappa shape index (κ1) is 10.7. The summed E-state index contributed by atoms with van der Waals surface area (Å²) in [4.78, 5) is 4.51. The van der Waals surface area contributed by atoms with Crippen LogP contribution < -0.4 is 0 Å². The second kappa shape index (κ2) is 3.54. The van der Waals surface area contributed by atoms with Crippen molar-refractivity contribution in [3.05, 3.63) is 35.8 Å². The maximum Gasteiger partial charge on any atom is 0.211 e. The van der Waals surface area contributed by atoms with Crippen LogP contribution in [0, 0.1) is 0 Å². The summed E-state index contributed by atoms with van der Waals surface area (Å²) >= 11 is 0. The van der Waals surface area contributed by atoms with E-state index in [-0.39, 0.29) is 0 Å². The molecule has 0 radical (unpaired) electrons. The van der Waals surface area contributed by atoms with Gasteiger partial charge in [0.1, 0.15) is 5.65 Å². The van der Waals surface area contributed by atoms with Gasteiger partial charge < -0.3 is 4.40 Å². The molecule has 0 bridgehead atoms. The van der Waals surface area contributed by atoms with Gasteiger partial charge in [-0.3, -0.25) is 0 Å². The third-order valence-electron chi connectivity index (χ3n) is 3.10. The Hall–Kier alpha value is -1.40. The van der Waals surface area contributed by atoms with E-state index in [4.69, 9.17) is 0 Å². The van der Waals surface area contributed by atoms with Crippen molar-refractivity contribution in [2.24, 2.45) is 0 Å². The minimum atomic E-state index is -3.12. The predicted octanol–water partition coefficient (Wildman–Crippen LogP) is 0.652. The molecule has 0 aromatic carbocycles. The van der Waals surface area contributed by atoms with Gasteiger partial charge >= 0.3 is 0 Å². The summed E-state index contributed by atoms with van der Waals surface area (Å²) in [6, 6.07) is 5.79. The van der Waals surface area contributed by atoms with E-state index in [1.807, 2.05) is 28.8 Å². The third-order valence-corrected chi connectivity index (χ3v) is 4.35. The highest BCUT2D eigenvalue weighted by molar-refractivity contribution is 7.88. The van der Waals surface area contributed by atoms with Gasteiger partial charge in [-0.05, 0) is 12.1 Å². The summed E-state index contributed by atoms with van der Waals surface area (Å²) in [5.74, 6) is 0. The Bertz CT molecular complexity index is 675. The van der Waals surface area contributed by atoms with Crippen molar-refractivity contribution in [1.82, 2.24) is 13.7 Å². The highest BCUT2D eigenvalue weighted by Gasteiger charge is 2.26. The molecule has 6 heteroatoms. The number of fused-ring (bicyclic) bond motifs is 3. The van der Waals surface area contributed by atoms with Crippen LogP contribution in [0.2, 0.25) is 0 Å². The zero-order valence-electron chi connectivity index (χ0n) is 9.50. The first-order chi connectivity index (χ1) is 8.05. The van der Waals surface area contributed by atoms with Gasteiger partial charge in [0.2, 0.25) is 10.0 Å². The van der Waals surface area contributed by atoms with Crippen molar-refractivity contribution >= 4 is 15.7 Å². The zero-order chi connectivity index (χ0) is 12.0. The van der Waals surface area contributed by atoms with Gasteiger partial charge in [-0.1, -0.05) is 6.07 Å². The highest BCUT2D eigenvalue weighted by atomic mass is 32.2. The molecule has 0 spiro atoms. The van der Waals surface area contributed by atoms with Crippen LogP contribution in [0.4, 0.5) is 0 Å². The summed E-state index contributed by atoms with van der Waals surface area (Å²) in [5, 5.41) is 0. The van der Waals surface area contributed by atoms with Crippen molar-refractivity contribution in [2.75, 3.05) is 12.8 Å². The molecule has 3 rings (SSSR count). The average molecular weight is 251 g/mol. The Labute approximate surface area is 99.7 Å². The van der Waals surface area contributed by atoms with Crippen LogP contribution in [0.25, 0.3) is 5.65 Å².